The summed E-state index contributed by atoms with van der Waals surface area (Å²) in [6.07, 6.45) is -0.206. The maximum Gasteiger partial charge on any atom is 0.305 e. The van der Waals surface area contributed by atoms with Crippen molar-refractivity contribution in [3.63, 3.8) is 0 Å². The molecule has 1 unspecified atom stereocenters. The first kappa shape index (κ1) is 17.6. The molecule has 0 spiro atoms. The van der Waals surface area contributed by atoms with Crippen LogP contribution in [-0.4, -0.2) is 29.1 Å². The second kappa shape index (κ2) is 8.19. The van der Waals surface area contributed by atoms with Crippen molar-refractivity contribution in [3.05, 3.63) is 50.4 Å². The van der Waals surface area contributed by atoms with Gasteiger partial charge >= 0.3 is 5.97 Å². The fraction of sp³-hybridized carbons (Fsp3) is 0.267. The van der Waals surface area contributed by atoms with Crippen LogP contribution >= 0.6 is 27.3 Å². The van der Waals surface area contributed by atoms with Crippen molar-refractivity contribution in [3.8, 4) is 0 Å². The smallest absolute Gasteiger partial charge is 0.305 e. The molecule has 0 aliphatic rings. The molecule has 0 radical (unpaired) electrons. The first-order chi connectivity index (χ1) is 11.0. The van der Waals surface area contributed by atoms with E-state index in [-0.39, 0.29) is 12.1 Å². The van der Waals surface area contributed by atoms with Crippen LogP contribution in [0.1, 0.15) is 33.5 Å². The molecule has 122 valence electrons. The normalized spacial score (nSPS) is 11.9. The van der Waals surface area contributed by atoms with Gasteiger partial charge in [-0.25, -0.2) is 4.98 Å². The Morgan fingerprint density at radius 1 is 1.39 bits per heavy atom. The number of hydrogen-bond donors (Lipinski definition) is 2. The molecule has 2 aromatic rings. The number of hydrogen-bond acceptors (Lipinski definition) is 5. The highest BCUT2D eigenvalue weighted by Gasteiger charge is 2.20. The van der Waals surface area contributed by atoms with Crippen LogP contribution in [0.25, 0.3) is 0 Å². The monoisotopic (exact) mass is 398 g/mol. The number of nitrogens with one attached hydrogen (secondary N) is 1. The van der Waals surface area contributed by atoms with Gasteiger partial charge < -0.3 is 15.2 Å². The highest BCUT2D eigenvalue weighted by atomic mass is 79.9. The van der Waals surface area contributed by atoms with E-state index in [2.05, 4.69) is 26.2 Å². The molecule has 2 rings (SSSR count). The molecular weight excluding hydrogens is 384 g/mol. The number of methoxy groups -OCH3 is 1. The lowest BCUT2D eigenvalue weighted by molar-refractivity contribution is -0.137. The van der Waals surface area contributed by atoms with E-state index in [1.54, 1.807) is 36.8 Å². The van der Waals surface area contributed by atoms with Crippen molar-refractivity contribution in [2.75, 3.05) is 7.11 Å². The van der Waals surface area contributed by atoms with E-state index >= 15 is 0 Å². The SMILES string of the molecule is COCc1nc(C(=O)NC(CC(=O)O)c2ccc(Br)cc2)cs1. The molecule has 23 heavy (non-hydrogen) atoms. The van der Waals surface area contributed by atoms with Crippen molar-refractivity contribution in [2.45, 2.75) is 19.1 Å². The van der Waals surface area contributed by atoms with Crippen LogP contribution < -0.4 is 5.32 Å². The van der Waals surface area contributed by atoms with Gasteiger partial charge in [-0.2, -0.15) is 0 Å². The summed E-state index contributed by atoms with van der Waals surface area (Å²) in [5.74, 6) is -1.39. The van der Waals surface area contributed by atoms with E-state index in [0.29, 0.717) is 11.6 Å². The summed E-state index contributed by atoms with van der Waals surface area (Å²) in [5.41, 5.74) is 0.978. The first-order valence-electron chi connectivity index (χ1n) is 6.71. The standard InChI is InChI=1S/C15H15BrN2O4S/c1-22-7-13-17-12(8-23-13)15(21)18-11(6-14(19)20)9-2-4-10(16)5-3-9/h2-5,8,11H,6-7H2,1H3,(H,18,21)(H,19,20). The third-order valence-electron chi connectivity index (χ3n) is 3.01. The van der Waals surface area contributed by atoms with Crippen LogP contribution in [0.15, 0.2) is 34.1 Å². The number of ether oxygens (including phenoxy) is 1. The zero-order valence-electron chi connectivity index (χ0n) is 12.3. The minimum atomic E-state index is -0.989. The number of carboxylic acids is 1. The Kier molecular flexibility index (Phi) is 6.26. The largest absolute Gasteiger partial charge is 0.481 e. The zero-order chi connectivity index (χ0) is 16.8. The van der Waals surface area contributed by atoms with Gasteiger partial charge in [0.2, 0.25) is 0 Å². The van der Waals surface area contributed by atoms with Gasteiger partial charge in [0, 0.05) is 17.0 Å². The number of rotatable bonds is 7. The molecule has 0 bridgehead atoms. The van der Waals surface area contributed by atoms with Crippen molar-refractivity contribution in [1.29, 1.82) is 0 Å². The Labute approximate surface area is 145 Å². The number of aliphatic carboxylic acids is 1. The van der Waals surface area contributed by atoms with Crippen LogP contribution in [0.3, 0.4) is 0 Å². The van der Waals surface area contributed by atoms with Gasteiger partial charge in [0.05, 0.1) is 19.1 Å². The number of nitrogens with zero attached hydrogens (tertiary/aromatic N) is 1. The van der Waals surface area contributed by atoms with Gasteiger partial charge in [-0.05, 0) is 17.7 Å². The van der Waals surface area contributed by atoms with Crippen molar-refractivity contribution in [2.24, 2.45) is 0 Å². The summed E-state index contributed by atoms with van der Waals surface area (Å²) in [7, 11) is 1.55. The molecule has 0 saturated heterocycles. The maximum atomic E-state index is 12.3. The molecule has 0 saturated carbocycles. The molecule has 2 N–H and O–H groups in total. The van der Waals surface area contributed by atoms with Crippen LogP contribution in [0.4, 0.5) is 0 Å². The summed E-state index contributed by atoms with van der Waals surface area (Å²) in [5, 5.41) is 14.1. The minimum absolute atomic E-state index is 0.206. The maximum absolute atomic E-state index is 12.3. The summed E-state index contributed by atoms with van der Waals surface area (Å²) >= 11 is 4.65. The molecule has 1 atom stereocenters. The fourth-order valence-electron chi connectivity index (χ4n) is 1.96. The number of thiazole rings is 1. The zero-order valence-corrected chi connectivity index (χ0v) is 14.7. The second-order valence-corrected chi connectivity index (χ2v) is 6.59. The molecule has 1 heterocycles. The molecule has 0 aliphatic carbocycles. The number of carbonyl (C=O) groups is 2. The lowest BCUT2D eigenvalue weighted by Gasteiger charge is -2.17. The Bertz CT molecular complexity index is 687. The predicted octanol–water partition coefficient (Wildman–Crippen LogP) is 3.00. The van der Waals surface area contributed by atoms with Gasteiger partial charge in [0.15, 0.2) is 0 Å². The predicted molar refractivity (Wildman–Crippen MR) is 89.4 cm³/mol. The van der Waals surface area contributed by atoms with E-state index in [0.717, 1.165) is 10.0 Å². The van der Waals surface area contributed by atoms with Gasteiger partial charge in [0.25, 0.3) is 5.91 Å². The lowest BCUT2D eigenvalue weighted by Crippen LogP contribution is -2.30. The van der Waals surface area contributed by atoms with Crippen LogP contribution in [0, 0.1) is 0 Å². The number of halogens is 1. The van der Waals surface area contributed by atoms with E-state index in [4.69, 9.17) is 9.84 Å². The van der Waals surface area contributed by atoms with Crippen LogP contribution in [0.2, 0.25) is 0 Å². The summed E-state index contributed by atoms with van der Waals surface area (Å²) in [4.78, 5) is 27.5. The second-order valence-electron chi connectivity index (χ2n) is 4.73. The van der Waals surface area contributed by atoms with E-state index in [1.807, 2.05) is 0 Å². The van der Waals surface area contributed by atoms with Crippen LogP contribution in [0.5, 0.6) is 0 Å². The van der Waals surface area contributed by atoms with E-state index < -0.39 is 17.9 Å². The molecule has 1 aromatic heterocycles. The Morgan fingerprint density at radius 3 is 2.70 bits per heavy atom. The number of amides is 1. The molecule has 8 heteroatoms. The Balaban J connectivity index is 2.14. The van der Waals surface area contributed by atoms with E-state index in [9.17, 15) is 9.59 Å². The minimum Gasteiger partial charge on any atom is -0.481 e. The topological polar surface area (TPSA) is 88.5 Å². The number of carbonyl (C=O) groups excluding carboxylic acids is 1. The number of benzene rings is 1. The summed E-state index contributed by atoms with van der Waals surface area (Å²) < 4.78 is 5.85. The van der Waals surface area contributed by atoms with Crippen molar-refractivity contribution >= 4 is 39.1 Å². The number of carboxylic acid groups (broad SMARTS) is 1. The average molecular weight is 399 g/mol. The van der Waals surface area contributed by atoms with Crippen molar-refractivity contribution < 1.29 is 19.4 Å². The molecule has 1 aromatic carbocycles. The molecule has 0 aliphatic heterocycles. The quantitative estimate of drug-likeness (QED) is 0.748. The molecular formula is C15H15BrN2O4S. The fourth-order valence-corrected chi connectivity index (χ4v) is 2.97. The third-order valence-corrected chi connectivity index (χ3v) is 4.36. The van der Waals surface area contributed by atoms with Crippen LogP contribution in [-0.2, 0) is 16.1 Å². The van der Waals surface area contributed by atoms with Gasteiger partial charge in [-0.15, -0.1) is 11.3 Å². The molecule has 6 nitrogen and oxygen atoms in total. The Hall–Kier alpha value is -1.77. The molecule has 1 amide bonds. The number of aromatic nitrogens is 1. The van der Waals surface area contributed by atoms with Gasteiger partial charge in [0.1, 0.15) is 10.7 Å². The highest BCUT2D eigenvalue weighted by Crippen LogP contribution is 2.21. The first-order valence-corrected chi connectivity index (χ1v) is 8.38. The van der Waals surface area contributed by atoms with E-state index in [1.165, 1.54) is 11.3 Å². The average Bonchev–Trinajstić information content (AvgIpc) is 2.96. The van der Waals surface area contributed by atoms with Gasteiger partial charge in [-0.3, -0.25) is 9.59 Å². The third kappa shape index (κ3) is 5.12. The van der Waals surface area contributed by atoms with Gasteiger partial charge in [-0.1, -0.05) is 28.1 Å². The summed E-state index contributed by atoms with van der Waals surface area (Å²) in [6, 6.07) is 6.52. The van der Waals surface area contributed by atoms with Crippen molar-refractivity contribution in [1.82, 2.24) is 10.3 Å². The lowest BCUT2D eigenvalue weighted by atomic mass is 10.0. The summed E-state index contributed by atoms with van der Waals surface area (Å²) in [6.45, 7) is 0.337. The Morgan fingerprint density at radius 2 is 2.09 bits per heavy atom. The molecule has 0 fully saturated rings. The highest BCUT2D eigenvalue weighted by molar-refractivity contribution is 9.10.